The second-order valence-corrected chi connectivity index (χ2v) is 10.8. The maximum Gasteiger partial charge on any atom is 0.416 e. The minimum Gasteiger partial charge on any atom is -0.612 e. The molecule has 1 aliphatic carbocycles. The fourth-order valence-electron chi connectivity index (χ4n) is 4.59. The zero-order valence-corrected chi connectivity index (χ0v) is 21.1. The Morgan fingerprint density at radius 1 is 1.16 bits per heavy atom. The van der Waals surface area contributed by atoms with Crippen LogP contribution in [0.25, 0.3) is 0 Å². The van der Waals surface area contributed by atoms with Crippen LogP contribution >= 0.6 is 0 Å². The maximum absolute atomic E-state index is 13.1. The highest BCUT2D eigenvalue weighted by Gasteiger charge is 2.35. The number of fused-ring (bicyclic) bond motifs is 1. The van der Waals surface area contributed by atoms with Crippen molar-refractivity contribution in [1.82, 2.24) is 14.9 Å². The van der Waals surface area contributed by atoms with E-state index in [1.807, 2.05) is 29.0 Å². The molecule has 2 unspecified atom stereocenters. The van der Waals surface area contributed by atoms with Gasteiger partial charge in [0.25, 0.3) is 0 Å². The Labute approximate surface area is 215 Å². The SMILES string of the molecule is CN1Cc2cc([S+](C)[O-])ccc2C1C(=O)Nc1cnc(N(Cc2ccc(C(F)(F)F)cc2)C2CC2)nc1. The summed E-state index contributed by atoms with van der Waals surface area (Å²) in [4.78, 5) is 26.6. The van der Waals surface area contributed by atoms with E-state index in [2.05, 4.69) is 15.3 Å². The molecule has 0 bridgehead atoms. The highest BCUT2D eigenvalue weighted by Crippen LogP contribution is 2.35. The van der Waals surface area contributed by atoms with Gasteiger partial charge in [0.15, 0.2) is 4.90 Å². The van der Waals surface area contributed by atoms with E-state index < -0.39 is 29.0 Å². The van der Waals surface area contributed by atoms with Gasteiger partial charge in [0.2, 0.25) is 11.9 Å². The summed E-state index contributed by atoms with van der Waals surface area (Å²) in [5, 5.41) is 2.88. The van der Waals surface area contributed by atoms with Gasteiger partial charge in [-0.15, -0.1) is 0 Å². The van der Waals surface area contributed by atoms with Crippen LogP contribution in [0.4, 0.5) is 24.8 Å². The smallest absolute Gasteiger partial charge is 0.416 e. The number of carbonyl (C=O) groups excluding carboxylic acids is 1. The van der Waals surface area contributed by atoms with E-state index in [0.29, 0.717) is 24.7 Å². The Bertz CT molecular complexity index is 1280. The van der Waals surface area contributed by atoms with Crippen LogP contribution < -0.4 is 10.2 Å². The van der Waals surface area contributed by atoms with Gasteiger partial charge in [-0.05, 0) is 72.0 Å². The predicted octanol–water partition coefficient (Wildman–Crippen LogP) is 4.53. The Hall–Kier alpha value is -3.15. The van der Waals surface area contributed by atoms with Crippen LogP contribution in [-0.2, 0) is 35.2 Å². The summed E-state index contributed by atoms with van der Waals surface area (Å²) in [5.41, 5.74) is 2.36. The van der Waals surface area contributed by atoms with Crippen LogP contribution in [-0.4, -0.2) is 44.7 Å². The number of amides is 1. The van der Waals surface area contributed by atoms with Crippen LogP contribution in [0.1, 0.15) is 41.1 Å². The number of benzene rings is 2. The number of carbonyl (C=O) groups is 1. The summed E-state index contributed by atoms with van der Waals surface area (Å²) in [6, 6.07) is 10.4. The summed E-state index contributed by atoms with van der Waals surface area (Å²) >= 11 is -1.09. The summed E-state index contributed by atoms with van der Waals surface area (Å²) in [6.07, 6.45) is 2.27. The number of halogens is 3. The summed E-state index contributed by atoms with van der Waals surface area (Å²) in [5.74, 6) is 0.246. The third kappa shape index (κ3) is 5.58. The first-order valence-electron chi connectivity index (χ1n) is 11.8. The molecule has 2 aliphatic rings. The van der Waals surface area contributed by atoms with E-state index in [9.17, 15) is 22.5 Å². The molecule has 0 radical (unpaired) electrons. The number of hydrogen-bond acceptors (Lipinski definition) is 6. The van der Waals surface area contributed by atoms with Crippen molar-refractivity contribution in [3.05, 3.63) is 77.1 Å². The summed E-state index contributed by atoms with van der Waals surface area (Å²) in [7, 11) is 1.86. The molecule has 1 fully saturated rings. The number of nitrogens with zero attached hydrogens (tertiary/aromatic N) is 4. The van der Waals surface area contributed by atoms with Gasteiger partial charge in [-0.1, -0.05) is 18.2 Å². The highest BCUT2D eigenvalue weighted by atomic mass is 32.2. The predicted molar refractivity (Wildman–Crippen MR) is 134 cm³/mol. The van der Waals surface area contributed by atoms with Crippen LogP contribution in [0.3, 0.4) is 0 Å². The summed E-state index contributed by atoms with van der Waals surface area (Å²) < 4.78 is 50.4. The van der Waals surface area contributed by atoms with Gasteiger partial charge in [0.05, 0.1) is 23.6 Å². The zero-order valence-electron chi connectivity index (χ0n) is 20.3. The van der Waals surface area contributed by atoms with Crippen LogP contribution in [0.5, 0.6) is 0 Å². The van der Waals surface area contributed by atoms with E-state index in [-0.39, 0.29) is 11.9 Å². The monoisotopic (exact) mass is 529 g/mol. The van der Waals surface area contributed by atoms with Gasteiger partial charge in [0, 0.05) is 19.1 Å². The molecule has 1 N–H and O–H groups in total. The van der Waals surface area contributed by atoms with Crippen molar-refractivity contribution in [3.63, 3.8) is 0 Å². The number of aromatic nitrogens is 2. The van der Waals surface area contributed by atoms with Crippen LogP contribution in [0, 0.1) is 0 Å². The molecule has 0 saturated heterocycles. The molecule has 2 heterocycles. The molecule has 1 saturated carbocycles. The number of rotatable bonds is 7. The molecule has 1 aromatic heterocycles. The van der Waals surface area contributed by atoms with E-state index in [1.54, 1.807) is 24.7 Å². The van der Waals surface area contributed by atoms with Gasteiger partial charge < -0.3 is 14.8 Å². The van der Waals surface area contributed by atoms with Gasteiger partial charge in [0.1, 0.15) is 12.3 Å². The second-order valence-electron chi connectivity index (χ2n) is 9.45. The molecule has 0 spiro atoms. The molecule has 194 valence electrons. The molecule has 1 amide bonds. The first-order valence-corrected chi connectivity index (χ1v) is 13.4. The first kappa shape index (κ1) is 25.5. The first-order chi connectivity index (χ1) is 17.6. The normalized spacial score (nSPS) is 18.4. The van der Waals surface area contributed by atoms with Gasteiger partial charge in [-0.2, -0.15) is 13.2 Å². The van der Waals surface area contributed by atoms with Crippen molar-refractivity contribution in [3.8, 4) is 0 Å². The average Bonchev–Trinajstić information content (AvgIpc) is 3.63. The molecular weight excluding hydrogens is 503 g/mol. The molecule has 5 rings (SSSR count). The summed E-state index contributed by atoms with van der Waals surface area (Å²) in [6.45, 7) is 0.969. The Morgan fingerprint density at radius 2 is 1.84 bits per heavy atom. The topological polar surface area (TPSA) is 84.4 Å². The molecule has 3 aromatic rings. The van der Waals surface area contributed by atoms with E-state index in [4.69, 9.17) is 0 Å². The van der Waals surface area contributed by atoms with Crippen molar-refractivity contribution in [2.75, 3.05) is 23.5 Å². The third-order valence-electron chi connectivity index (χ3n) is 6.63. The lowest BCUT2D eigenvalue weighted by Gasteiger charge is -2.23. The number of hydrogen-bond donors (Lipinski definition) is 1. The minimum absolute atomic E-state index is 0.216. The zero-order chi connectivity index (χ0) is 26.3. The van der Waals surface area contributed by atoms with Crippen LogP contribution in [0.15, 0.2) is 59.8 Å². The standard InChI is InChI=1S/C26H26F3N5O2S/c1-33-15-17-11-21(37(2)36)9-10-22(17)23(33)24(35)32-19-12-30-25(31-13-19)34(20-7-8-20)14-16-3-5-18(6-4-16)26(27,28)29/h3-6,9-13,20,23H,7-8,14-15H2,1-2H3,(H,32,35). The number of likely N-dealkylation sites (N-methyl/N-ethyl adjacent to an activating group) is 1. The van der Waals surface area contributed by atoms with Crippen molar-refractivity contribution in [1.29, 1.82) is 0 Å². The lowest BCUT2D eigenvalue weighted by molar-refractivity contribution is -0.137. The van der Waals surface area contributed by atoms with E-state index in [1.165, 1.54) is 12.1 Å². The highest BCUT2D eigenvalue weighted by molar-refractivity contribution is 7.90. The van der Waals surface area contributed by atoms with Crippen LogP contribution in [0.2, 0.25) is 0 Å². The van der Waals surface area contributed by atoms with E-state index in [0.717, 1.165) is 46.6 Å². The largest absolute Gasteiger partial charge is 0.612 e. The Kier molecular flexibility index (Phi) is 6.86. The lowest BCUT2D eigenvalue weighted by Crippen LogP contribution is -2.30. The van der Waals surface area contributed by atoms with Crippen molar-refractivity contribution in [2.45, 2.75) is 49.1 Å². The Balaban J connectivity index is 1.27. The third-order valence-corrected chi connectivity index (χ3v) is 7.55. The number of anilines is 2. The fraction of sp³-hybridized carbons (Fsp3) is 0.346. The van der Waals surface area contributed by atoms with Gasteiger partial charge in [-0.3, -0.25) is 9.69 Å². The molecular formula is C26H26F3N5O2S. The Morgan fingerprint density at radius 3 is 2.43 bits per heavy atom. The average molecular weight is 530 g/mol. The van der Waals surface area contributed by atoms with Gasteiger partial charge >= 0.3 is 6.18 Å². The lowest BCUT2D eigenvalue weighted by atomic mass is 10.0. The molecule has 2 atom stereocenters. The van der Waals surface area contributed by atoms with Gasteiger partial charge in [-0.25, -0.2) is 9.97 Å². The molecule has 7 nitrogen and oxygen atoms in total. The minimum atomic E-state index is -4.37. The number of alkyl halides is 3. The molecule has 37 heavy (non-hydrogen) atoms. The number of nitrogens with one attached hydrogen (secondary N) is 1. The molecule has 2 aromatic carbocycles. The maximum atomic E-state index is 13.1. The quantitative estimate of drug-likeness (QED) is 0.453. The second kappa shape index (κ2) is 9.96. The molecule has 11 heteroatoms. The van der Waals surface area contributed by atoms with Crippen molar-refractivity contribution in [2.24, 2.45) is 0 Å². The fourth-order valence-corrected chi connectivity index (χ4v) is 5.16. The van der Waals surface area contributed by atoms with E-state index >= 15 is 0 Å². The van der Waals surface area contributed by atoms with Crippen molar-refractivity contribution >= 4 is 28.7 Å². The molecule has 1 aliphatic heterocycles. The van der Waals surface area contributed by atoms with Crippen molar-refractivity contribution < 1.29 is 22.5 Å².